The molecule has 0 radical (unpaired) electrons. The zero-order valence-corrected chi connectivity index (χ0v) is 18.8. The van der Waals surface area contributed by atoms with Crippen LogP contribution in [0.4, 0.5) is 5.69 Å². The lowest BCUT2D eigenvalue weighted by atomic mass is 10.0. The van der Waals surface area contributed by atoms with Gasteiger partial charge in [-0.2, -0.15) is 0 Å². The van der Waals surface area contributed by atoms with Crippen LogP contribution in [0.1, 0.15) is 42.4 Å². The maximum absolute atomic E-state index is 12.7. The third-order valence-corrected chi connectivity index (χ3v) is 5.55. The third kappa shape index (κ3) is 6.09. The maximum Gasteiger partial charge on any atom is 0.325 e. The second kappa shape index (κ2) is 10.3. The summed E-state index contributed by atoms with van der Waals surface area (Å²) >= 11 is 0. The van der Waals surface area contributed by atoms with Crippen molar-refractivity contribution in [1.82, 2.24) is 5.32 Å². The predicted octanol–water partition coefficient (Wildman–Crippen LogP) is 3.47. The summed E-state index contributed by atoms with van der Waals surface area (Å²) in [6.07, 6.45) is 3.16. The van der Waals surface area contributed by atoms with E-state index in [2.05, 4.69) is 21.4 Å². The molecule has 2 aromatic rings. The van der Waals surface area contributed by atoms with E-state index in [1.54, 1.807) is 12.1 Å². The second-order valence-corrected chi connectivity index (χ2v) is 8.31. The summed E-state index contributed by atoms with van der Waals surface area (Å²) in [5.41, 5.74) is 2.83. The Morgan fingerprint density at radius 2 is 1.59 bits per heavy atom. The molecule has 0 saturated heterocycles. The van der Waals surface area contributed by atoms with Gasteiger partial charge in [0.05, 0.1) is 13.5 Å². The van der Waals surface area contributed by atoms with Crippen molar-refractivity contribution in [1.29, 1.82) is 0 Å². The average Bonchev–Trinajstić information content (AvgIpc) is 3.22. The van der Waals surface area contributed by atoms with Gasteiger partial charge in [0.2, 0.25) is 5.91 Å². The highest BCUT2D eigenvalue weighted by Crippen LogP contribution is 2.35. The Bertz CT molecular complexity index is 958. The number of benzene rings is 2. The minimum absolute atomic E-state index is 0.0990. The van der Waals surface area contributed by atoms with Gasteiger partial charge < -0.3 is 20.1 Å². The Kier molecular flexibility index (Phi) is 7.51. The van der Waals surface area contributed by atoms with Gasteiger partial charge >= 0.3 is 5.97 Å². The lowest BCUT2D eigenvalue weighted by Gasteiger charge is -2.28. The Morgan fingerprint density at radius 1 is 0.969 bits per heavy atom. The fourth-order valence-electron chi connectivity index (χ4n) is 4.05. The molecule has 2 amide bonds. The van der Waals surface area contributed by atoms with Gasteiger partial charge in [-0.3, -0.25) is 14.4 Å². The lowest BCUT2D eigenvalue weighted by molar-refractivity contribution is -0.144. The molecule has 1 fully saturated rings. The Hall–Kier alpha value is -3.35. The molecule has 1 saturated carbocycles. The smallest absolute Gasteiger partial charge is 0.325 e. The number of hydrogen-bond donors (Lipinski definition) is 2. The summed E-state index contributed by atoms with van der Waals surface area (Å²) in [6, 6.07) is 13.1. The SMILES string of the molecule is COC(=O)CNC(=O)C1(Oc2ccc(CC(=O)Nc3cc(C)cc(C)c3)cc2)CCCC1. The molecule has 1 aliphatic carbocycles. The van der Waals surface area contributed by atoms with Gasteiger partial charge in [0.15, 0.2) is 5.60 Å². The van der Waals surface area contributed by atoms with Crippen molar-refractivity contribution in [2.75, 3.05) is 19.0 Å². The van der Waals surface area contributed by atoms with E-state index in [0.29, 0.717) is 18.6 Å². The number of hydrogen-bond acceptors (Lipinski definition) is 5. The van der Waals surface area contributed by atoms with Gasteiger partial charge in [0.25, 0.3) is 5.91 Å². The van der Waals surface area contributed by atoms with Crippen LogP contribution in [0, 0.1) is 13.8 Å². The molecule has 0 aromatic heterocycles. The summed E-state index contributed by atoms with van der Waals surface area (Å²) in [7, 11) is 1.28. The van der Waals surface area contributed by atoms with E-state index in [-0.39, 0.29) is 24.8 Å². The van der Waals surface area contributed by atoms with Gasteiger partial charge in [-0.1, -0.05) is 18.2 Å². The third-order valence-electron chi connectivity index (χ3n) is 5.55. The fourth-order valence-corrected chi connectivity index (χ4v) is 4.05. The Labute approximate surface area is 188 Å². The quantitative estimate of drug-likeness (QED) is 0.616. The van der Waals surface area contributed by atoms with E-state index in [1.165, 1.54) is 7.11 Å². The van der Waals surface area contributed by atoms with Gasteiger partial charge in [-0.15, -0.1) is 0 Å². The lowest BCUT2D eigenvalue weighted by Crippen LogP contribution is -2.50. The zero-order chi connectivity index (χ0) is 23.1. The van der Waals surface area contributed by atoms with Gasteiger partial charge in [-0.25, -0.2) is 0 Å². The standard InChI is InChI=1S/C25H30N2O5/c1-17-12-18(2)14-20(13-17)27-22(28)15-19-6-8-21(9-7-19)32-25(10-4-5-11-25)24(30)26-16-23(29)31-3/h6-9,12-14H,4-5,10-11,15-16H2,1-3H3,(H,26,30)(H,27,28). The first kappa shape index (κ1) is 23.3. The number of methoxy groups -OCH3 is 1. The number of anilines is 1. The minimum Gasteiger partial charge on any atom is -0.477 e. The van der Waals surface area contributed by atoms with Crippen LogP contribution in [0.2, 0.25) is 0 Å². The highest BCUT2D eigenvalue weighted by Gasteiger charge is 2.43. The number of carbonyl (C=O) groups excluding carboxylic acids is 3. The van der Waals surface area contributed by atoms with Crippen molar-refractivity contribution < 1.29 is 23.9 Å². The van der Waals surface area contributed by atoms with Crippen LogP contribution in [0.3, 0.4) is 0 Å². The topological polar surface area (TPSA) is 93.7 Å². The number of nitrogens with one attached hydrogen (secondary N) is 2. The van der Waals surface area contributed by atoms with Crippen LogP contribution < -0.4 is 15.4 Å². The molecule has 0 atom stereocenters. The minimum atomic E-state index is -0.990. The first-order valence-corrected chi connectivity index (χ1v) is 10.8. The zero-order valence-electron chi connectivity index (χ0n) is 18.8. The number of carbonyl (C=O) groups is 3. The van der Waals surface area contributed by atoms with E-state index in [1.807, 2.05) is 38.1 Å². The van der Waals surface area contributed by atoms with Crippen molar-refractivity contribution in [2.45, 2.75) is 51.6 Å². The van der Waals surface area contributed by atoms with Crippen molar-refractivity contribution in [3.05, 3.63) is 59.2 Å². The van der Waals surface area contributed by atoms with Crippen LogP contribution >= 0.6 is 0 Å². The molecular weight excluding hydrogens is 408 g/mol. The second-order valence-electron chi connectivity index (χ2n) is 8.31. The molecule has 2 N–H and O–H groups in total. The van der Waals surface area contributed by atoms with E-state index < -0.39 is 11.6 Å². The molecule has 32 heavy (non-hydrogen) atoms. The highest BCUT2D eigenvalue weighted by molar-refractivity contribution is 5.92. The maximum atomic E-state index is 12.7. The number of rotatable bonds is 8. The van der Waals surface area contributed by atoms with Crippen molar-refractivity contribution in [2.24, 2.45) is 0 Å². The predicted molar refractivity (Wildman–Crippen MR) is 122 cm³/mol. The molecule has 0 aliphatic heterocycles. The molecule has 1 aliphatic rings. The van der Waals surface area contributed by atoms with Gasteiger partial charge in [-0.05, 0) is 80.5 Å². The molecule has 170 valence electrons. The van der Waals surface area contributed by atoms with E-state index in [4.69, 9.17) is 4.74 Å². The van der Waals surface area contributed by atoms with Gasteiger partial charge in [0.1, 0.15) is 12.3 Å². The Morgan fingerprint density at radius 3 is 2.19 bits per heavy atom. The van der Waals surface area contributed by atoms with Crippen LogP contribution in [0.15, 0.2) is 42.5 Å². The van der Waals surface area contributed by atoms with Crippen LogP contribution in [0.5, 0.6) is 5.75 Å². The summed E-state index contributed by atoms with van der Waals surface area (Å²) in [4.78, 5) is 36.5. The van der Waals surface area contributed by atoms with Crippen LogP contribution in [-0.2, 0) is 25.5 Å². The number of amides is 2. The van der Waals surface area contributed by atoms with Crippen LogP contribution in [0.25, 0.3) is 0 Å². The van der Waals surface area contributed by atoms with Gasteiger partial charge in [0, 0.05) is 5.69 Å². The number of esters is 1. The molecule has 7 nitrogen and oxygen atoms in total. The normalized spacial score (nSPS) is 14.5. The summed E-state index contributed by atoms with van der Waals surface area (Å²) < 4.78 is 10.7. The first-order valence-electron chi connectivity index (χ1n) is 10.8. The summed E-state index contributed by atoms with van der Waals surface area (Å²) in [5.74, 6) is -0.357. The fraction of sp³-hybridized carbons (Fsp3) is 0.400. The van der Waals surface area contributed by atoms with Crippen molar-refractivity contribution >= 4 is 23.5 Å². The molecule has 2 aromatic carbocycles. The molecular formula is C25H30N2O5. The van der Waals surface area contributed by atoms with E-state index in [9.17, 15) is 14.4 Å². The Balaban J connectivity index is 1.60. The highest BCUT2D eigenvalue weighted by atomic mass is 16.5. The molecule has 0 bridgehead atoms. The molecule has 0 unspecified atom stereocenters. The van der Waals surface area contributed by atoms with Crippen molar-refractivity contribution in [3.63, 3.8) is 0 Å². The first-order chi connectivity index (χ1) is 15.3. The van der Waals surface area contributed by atoms with Crippen molar-refractivity contribution in [3.8, 4) is 5.75 Å². The monoisotopic (exact) mass is 438 g/mol. The van der Waals surface area contributed by atoms with Crippen LogP contribution in [-0.4, -0.2) is 37.0 Å². The largest absolute Gasteiger partial charge is 0.477 e. The average molecular weight is 439 g/mol. The van der Waals surface area contributed by atoms with E-state index >= 15 is 0 Å². The van der Waals surface area contributed by atoms with E-state index in [0.717, 1.165) is 35.2 Å². The molecule has 0 heterocycles. The molecule has 0 spiro atoms. The molecule has 3 rings (SSSR count). The summed E-state index contributed by atoms with van der Waals surface area (Å²) in [6.45, 7) is 3.80. The summed E-state index contributed by atoms with van der Waals surface area (Å²) in [5, 5.41) is 5.55. The number of ether oxygens (including phenoxy) is 2. The number of aryl methyl sites for hydroxylation is 2. The molecule has 7 heteroatoms.